The highest BCUT2D eigenvalue weighted by Gasteiger charge is 2.16. The van der Waals surface area contributed by atoms with Gasteiger partial charge in [-0.15, -0.1) is 0 Å². The summed E-state index contributed by atoms with van der Waals surface area (Å²) in [5.41, 5.74) is 1.84. The maximum Gasteiger partial charge on any atom is 0.269 e. The number of rotatable bonds is 7. The van der Waals surface area contributed by atoms with E-state index in [1.54, 1.807) is 18.2 Å². The van der Waals surface area contributed by atoms with Crippen molar-refractivity contribution in [3.05, 3.63) is 63.7 Å². The van der Waals surface area contributed by atoms with Crippen molar-refractivity contribution in [2.45, 2.75) is 13.8 Å². The van der Waals surface area contributed by atoms with Crippen LogP contribution in [0.4, 0.5) is 17.1 Å². The van der Waals surface area contributed by atoms with Crippen LogP contribution in [0, 0.1) is 16.0 Å². The summed E-state index contributed by atoms with van der Waals surface area (Å²) in [6.07, 6.45) is 0. The van der Waals surface area contributed by atoms with E-state index in [1.165, 1.54) is 24.3 Å². The molecule has 0 unspecified atom stereocenters. The molecule has 28 heavy (non-hydrogen) atoms. The first-order valence-corrected chi connectivity index (χ1v) is 8.84. The van der Waals surface area contributed by atoms with Crippen LogP contribution in [0.5, 0.6) is 0 Å². The van der Waals surface area contributed by atoms with Crippen LogP contribution >= 0.6 is 0 Å². The third kappa shape index (κ3) is 5.29. The van der Waals surface area contributed by atoms with Gasteiger partial charge < -0.3 is 15.5 Å². The highest BCUT2D eigenvalue weighted by Crippen LogP contribution is 2.24. The van der Waals surface area contributed by atoms with Gasteiger partial charge in [0.05, 0.1) is 10.5 Å². The number of nitro groups is 1. The number of carbonyl (C=O) groups is 2. The van der Waals surface area contributed by atoms with Crippen molar-refractivity contribution < 1.29 is 14.5 Å². The molecule has 0 heterocycles. The summed E-state index contributed by atoms with van der Waals surface area (Å²) in [6.45, 7) is 4.56. The molecule has 0 radical (unpaired) electrons. The second kappa shape index (κ2) is 8.98. The summed E-state index contributed by atoms with van der Waals surface area (Å²) in [5, 5.41) is 16.3. The minimum Gasteiger partial charge on any atom is -0.377 e. The minimum atomic E-state index is -0.524. The summed E-state index contributed by atoms with van der Waals surface area (Å²) < 4.78 is 0. The fourth-order valence-electron chi connectivity index (χ4n) is 2.52. The van der Waals surface area contributed by atoms with Crippen molar-refractivity contribution in [2.24, 2.45) is 5.92 Å². The fraction of sp³-hybridized carbons (Fsp3) is 0.300. The summed E-state index contributed by atoms with van der Waals surface area (Å²) >= 11 is 0. The van der Waals surface area contributed by atoms with E-state index in [0.29, 0.717) is 23.7 Å². The highest BCUT2D eigenvalue weighted by molar-refractivity contribution is 6.06. The number of non-ortho nitro benzene ring substituents is 1. The van der Waals surface area contributed by atoms with Gasteiger partial charge in [-0.2, -0.15) is 0 Å². The maximum atomic E-state index is 12.6. The lowest BCUT2D eigenvalue weighted by Gasteiger charge is -2.19. The van der Waals surface area contributed by atoms with Gasteiger partial charge in [0.2, 0.25) is 0 Å². The summed E-state index contributed by atoms with van der Waals surface area (Å²) in [7, 11) is 3.67. The Morgan fingerprint density at radius 3 is 2.25 bits per heavy atom. The van der Waals surface area contributed by atoms with E-state index < -0.39 is 10.8 Å². The molecular formula is C20H24N4O4. The van der Waals surface area contributed by atoms with Gasteiger partial charge in [-0.1, -0.05) is 13.8 Å². The Bertz CT molecular complexity index is 876. The zero-order chi connectivity index (χ0) is 20.8. The van der Waals surface area contributed by atoms with Crippen LogP contribution in [0.2, 0.25) is 0 Å². The number of nitro benzene ring substituents is 1. The molecule has 0 aliphatic carbocycles. The Kier molecular flexibility index (Phi) is 6.70. The Morgan fingerprint density at radius 1 is 1.07 bits per heavy atom. The van der Waals surface area contributed by atoms with Gasteiger partial charge in [0.1, 0.15) is 0 Å². The van der Waals surface area contributed by atoms with E-state index in [9.17, 15) is 19.7 Å². The zero-order valence-electron chi connectivity index (χ0n) is 16.4. The van der Waals surface area contributed by atoms with Crippen LogP contribution in [-0.2, 0) is 0 Å². The molecule has 0 aliphatic heterocycles. The highest BCUT2D eigenvalue weighted by atomic mass is 16.6. The van der Waals surface area contributed by atoms with E-state index >= 15 is 0 Å². The van der Waals surface area contributed by atoms with Crippen molar-refractivity contribution in [1.82, 2.24) is 5.32 Å². The number of nitrogens with zero attached hydrogens (tertiary/aromatic N) is 2. The zero-order valence-corrected chi connectivity index (χ0v) is 16.4. The van der Waals surface area contributed by atoms with E-state index in [1.807, 2.05) is 32.8 Å². The molecule has 0 aromatic heterocycles. The lowest BCUT2D eigenvalue weighted by Crippen LogP contribution is -2.29. The number of hydrogen-bond donors (Lipinski definition) is 2. The summed E-state index contributed by atoms with van der Waals surface area (Å²) in [4.78, 5) is 37.0. The molecular weight excluding hydrogens is 360 g/mol. The normalized spacial score (nSPS) is 10.5. The van der Waals surface area contributed by atoms with Crippen molar-refractivity contribution in [1.29, 1.82) is 0 Å². The number of anilines is 2. The third-order valence-electron chi connectivity index (χ3n) is 3.99. The SMILES string of the molecule is CC(C)CNC(=O)c1cc(NC(=O)c2ccc([N+](=O)[O-])cc2)ccc1N(C)C. The molecule has 0 aliphatic rings. The van der Waals surface area contributed by atoms with E-state index in [-0.39, 0.29) is 17.2 Å². The topological polar surface area (TPSA) is 105 Å². The molecule has 2 aromatic rings. The standard InChI is InChI=1S/C20H24N4O4/c1-13(2)12-21-20(26)17-11-15(7-10-18(17)23(3)4)22-19(25)14-5-8-16(9-6-14)24(27)28/h5-11,13H,12H2,1-4H3,(H,21,26)(H,22,25). The second-order valence-corrected chi connectivity index (χ2v) is 6.99. The molecule has 2 aromatic carbocycles. The van der Waals surface area contributed by atoms with Crippen LogP contribution in [0.1, 0.15) is 34.6 Å². The lowest BCUT2D eigenvalue weighted by atomic mass is 10.1. The van der Waals surface area contributed by atoms with Gasteiger partial charge >= 0.3 is 0 Å². The molecule has 0 atom stereocenters. The predicted octanol–water partition coefficient (Wildman–Crippen LogP) is 3.30. The second-order valence-electron chi connectivity index (χ2n) is 6.99. The van der Waals surface area contributed by atoms with Crippen LogP contribution in [0.15, 0.2) is 42.5 Å². The Morgan fingerprint density at radius 2 is 1.71 bits per heavy atom. The number of carbonyl (C=O) groups excluding carboxylic acids is 2. The van der Waals surface area contributed by atoms with Crippen LogP contribution < -0.4 is 15.5 Å². The molecule has 0 saturated carbocycles. The monoisotopic (exact) mass is 384 g/mol. The largest absolute Gasteiger partial charge is 0.377 e. The van der Waals surface area contributed by atoms with E-state index in [0.717, 1.165) is 5.69 Å². The van der Waals surface area contributed by atoms with Gasteiger partial charge in [-0.3, -0.25) is 19.7 Å². The maximum absolute atomic E-state index is 12.6. The molecule has 148 valence electrons. The van der Waals surface area contributed by atoms with Crippen molar-refractivity contribution in [3.63, 3.8) is 0 Å². The number of nitrogens with one attached hydrogen (secondary N) is 2. The average Bonchev–Trinajstić information content (AvgIpc) is 2.65. The average molecular weight is 384 g/mol. The summed E-state index contributed by atoms with van der Waals surface area (Å²) in [5.74, 6) is -0.318. The first kappa shape index (κ1) is 20.9. The predicted molar refractivity (Wildman–Crippen MR) is 109 cm³/mol. The molecule has 0 bridgehead atoms. The smallest absolute Gasteiger partial charge is 0.269 e. The molecule has 0 spiro atoms. The van der Waals surface area contributed by atoms with Gasteiger partial charge in [-0.25, -0.2) is 0 Å². The molecule has 2 rings (SSSR count). The molecule has 0 fully saturated rings. The van der Waals surface area contributed by atoms with Crippen molar-refractivity contribution >= 4 is 28.9 Å². The Hall–Kier alpha value is -3.42. The Labute approximate surface area is 163 Å². The molecule has 0 saturated heterocycles. The van der Waals surface area contributed by atoms with Gasteiger partial charge in [-0.05, 0) is 36.2 Å². The molecule has 2 N–H and O–H groups in total. The van der Waals surface area contributed by atoms with Crippen LogP contribution in [0.25, 0.3) is 0 Å². The minimum absolute atomic E-state index is 0.0870. The van der Waals surface area contributed by atoms with Crippen LogP contribution in [-0.4, -0.2) is 37.4 Å². The fourth-order valence-corrected chi connectivity index (χ4v) is 2.52. The van der Waals surface area contributed by atoms with Crippen molar-refractivity contribution in [2.75, 3.05) is 30.9 Å². The van der Waals surface area contributed by atoms with Gasteiger partial charge in [0.25, 0.3) is 17.5 Å². The quantitative estimate of drug-likeness (QED) is 0.563. The first-order valence-electron chi connectivity index (χ1n) is 8.84. The van der Waals surface area contributed by atoms with Crippen molar-refractivity contribution in [3.8, 4) is 0 Å². The number of hydrogen-bond acceptors (Lipinski definition) is 5. The number of amides is 2. The number of benzene rings is 2. The van der Waals surface area contributed by atoms with Gasteiger partial charge in [0, 0.05) is 49.7 Å². The van der Waals surface area contributed by atoms with E-state index in [2.05, 4.69) is 10.6 Å². The van der Waals surface area contributed by atoms with E-state index in [4.69, 9.17) is 0 Å². The lowest BCUT2D eigenvalue weighted by molar-refractivity contribution is -0.384. The Balaban J connectivity index is 2.23. The van der Waals surface area contributed by atoms with Crippen LogP contribution in [0.3, 0.4) is 0 Å². The van der Waals surface area contributed by atoms with Gasteiger partial charge in [0.15, 0.2) is 0 Å². The molecule has 2 amide bonds. The third-order valence-corrected chi connectivity index (χ3v) is 3.99. The first-order chi connectivity index (χ1) is 13.2. The molecule has 8 nitrogen and oxygen atoms in total. The summed E-state index contributed by atoms with van der Waals surface area (Å²) in [6, 6.07) is 10.4. The molecule has 8 heteroatoms.